The molecule has 0 saturated heterocycles. The maximum Gasteiger partial charge on any atom is 0.263 e. The number of carbonyl (C=O) groups excluding carboxylic acids is 1. The van der Waals surface area contributed by atoms with E-state index in [1.54, 1.807) is 11.6 Å². The van der Waals surface area contributed by atoms with Gasteiger partial charge in [-0.15, -0.1) is 23.7 Å². The number of thiazole rings is 1. The number of hydrogen-bond acceptors (Lipinski definition) is 5. The van der Waals surface area contributed by atoms with Gasteiger partial charge in [0.25, 0.3) is 5.91 Å². The van der Waals surface area contributed by atoms with E-state index in [9.17, 15) is 4.79 Å². The first kappa shape index (κ1) is 11.7. The minimum Gasteiger partial charge on any atom is -0.360 e. The highest BCUT2D eigenvalue weighted by atomic mass is 35.5. The lowest BCUT2D eigenvalue weighted by molar-refractivity contribution is 0.0951. The lowest BCUT2D eigenvalue weighted by Crippen LogP contribution is -2.21. The quantitative estimate of drug-likeness (QED) is 0.890. The summed E-state index contributed by atoms with van der Waals surface area (Å²) in [5, 5.41) is 6.21. The molecule has 15 heavy (non-hydrogen) atoms. The van der Waals surface area contributed by atoms with Crippen molar-refractivity contribution in [2.45, 2.75) is 6.54 Å². The number of amides is 1. The van der Waals surface area contributed by atoms with Crippen molar-refractivity contribution >= 4 is 29.7 Å². The number of rotatable bonds is 3. The summed E-state index contributed by atoms with van der Waals surface area (Å²) in [4.78, 5) is 15.8. The van der Waals surface area contributed by atoms with Crippen LogP contribution in [0.2, 0.25) is 0 Å². The Bertz CT molecular complexity index is 401. The molecular weight excluding hydrogens is 238 g/mol. The summed E-state index contributed by atoms with van der Waals surface area (Å²) in [5.41, 5.74) is 1.61. The zero-order valence-corrected chi connectivity index (χ0v) is 9.18. The van der Waals surface area contributed by atoms with E-state index in [1.807, 2.05) is 0 Å². The fraction of sp³-hybridized carbons (Fsp3) is 0.125. The number of nitrogens with one attached hydrogen (secondary N) is 1. The maximum absolute atomic E-state index is 11.4. The van der Waals surface area contributed by atoms with Crippen LogP contribution in [0.1, 0.15) is 15.4 Å². The number of aromatic nitrogens is 2. The summed E-state index contributed by atoms with van der Waals surface area (Å²) in [5.74, 6) is 0.478. The van der Waals surface area contributed by atoms with E-state index in [4.69, 9.17) is 4.52 Å². The first-order chi connectivity index (χ1) is 6.86. The zero-order chi connectivity index (χ0) is 9.80. The van der Waals surface area contributed by atoms with Gasteiger partial charge in [-0.25, -0.2) is 0 Å². The molecule has 1 amide bonds. The molecule has 5 nitrogen and oxygen atoms in total. The molecular formula is C8H8ClN3O2S. The zero-order valence-electron chi connectivity index (χ0n) is 7.54. The van der Waals surface area contributed by atoms with Crippen LogP contribution in [0.3, 0.4) is 0 Å². The van der Waals surface area contributed by atoms with Crippen molar-refractivity contribution in [3.8, 4) is 0 Å². The Kier molecular flexibility index (Phi) is 4.26. The average molecular weight is 246 g/mol. The molecule has 2 aromatic heterocycles. The first-order valence-corrected chi connectivity index (χ1v) is 4.80. The minimum atomic E-state index is -0.149. The van der Waals surface area contributed by atoms with E-state index in [0.29, 0.717) is 17.2 Å². The second kappa shape index (κ2) is 5.47. The van der Waals surface area contributed by atoms with Crippen molar-refractivity contribution in [2.75, 3.05) is 0 Å². The van der Waals surface area contributed by atoms with Gasteiger partial charge in [0.2, 0.25) is 0 Å². The van der Waals surface area contributed by atoms with Crippen molar-refractivity contribution < 1.29 is 9.32 Å². The number of hydrogen-bond donors (Lipinski definition) is 1. The van der Waals surface area contributed by atoms with Crippen LogP contribution in [0, 0.1) is 0 Å². The van der Waals surface area contributed by atoms with E-state index >= 15 is 0 Å². The molecule has 80 valence electrons. The van der Waals surface area contributed by atoms with Crippen molar-refractivity contribution in [3.63, 3.8) is 0 Å². The SMILES string of the molecule is Cl.O=C(NCc1ccno1)c1cncs1. The van der Waals surface area contributed by atoms with Crippen LogP contribution < -0.4 is 5.32 Å². The molecule has 0 spiro atoms. The molecule has 0 saturated carbocycles. The minimum absolute atomic E-state index is 0. The van der Waals surface area contributed by atoms with Crippen LogP contribution in [-0.2, 0) is 6.54 Å². The lowest BCUT2D eigenvalue weighted by atomic mass is 10.4. The van der Waals surface area contributed by atoms with Crippen LogP contribution in [-0.4, -0.2) is 16.0 Å². The van der Waals surface area contributed by atoms with Gasteiger partial charge in [0.05, 0.1) is 24.4 Å². The maximum atomic E-state index is 11.4. The van der Waals surface area contributed by atoms with Crippen LogP contribution in [0.25, 0.3) is 0 Å². The fourth-order valence-electron chi connectivity index (χ4n) is 0.916. The molecule has 0 aliphatic carbocycles. The Labute approximate surface area is 95.9 Å². The third-order valence-corrected chi connectivity index (χ3v) is 2.34. The van der Waals surface area contributed by atoms with Crippen LogP contribution in [0.4, 0.5) is 0 Å². The predicted octanol–water partition coefficient (Wildman–Crippen LogP) is 1.48. The van der Waals surface area contributed by atoms with Crippen LogP contribution >= 0.6 is 23.7 Å². The highest BCUT2D eigenvalue weighted by Gasteiger charge is 2.07. The second-order valence-corrected chi connectivity index (χ2v) is 3.41. The van der Waals surface area contributed by atoms with Crippen LogP contribution in [0.15, 0.2) is 28.5 Å². The summed E-state index contributed by atoms with van der Waals surface area (Å²) in [6.45, 7) is 0.344. The van der Waals surface area contributed by atoms with Crippen molar-refractivity contribution in [3.05, 3.63) is 34.6 Å². The molecule has 0 aliphatic heterocycles. The van der Waals surface area contributed by atoms with E-state index in [1.165, 1.54) is 23.7 Å². The van der Waals surface area contributed by atoms with E-state index in [-0.39, 0.29) is 18.3 Å². The van der Waals surface area contributed by atoms with Crippen molar-refractivity contribution in [1.29, 1.82) is 0 Å². The molecule has 0 atom stereocenters. The molecule has 1 N–H and O–H groups in total. The Morgan fingerprint density at radius 1 is 1.60 bits per heavy atom. The number of carbonyl (C=O) groups is 1. The molecule has 2 aromatic rings. The summed E-state index contributed by atoms with van der Waals surface area (Å²) >= 11 is 1.30. The largest absolute Gasteiger partial charge is 0.360 e. The molecule has 0 radical (unpaired) electrons. The highest BCUT2D eigenvalue weighted by Crippen LogP contribution is 2.05. The molecule has 2 heterocycles. The monoisotopic (exact) mass is 245 g/mol. The van der Waals surface area contributed by atoms with E-state index in [2.05, 4.69) is 15.5 Å². The van der Waals surface area contributed by atoms with Gasteiger partial charge in [-0.2, -0.15) is 0 Å². The van der Waals surface area contributed by atoms with Crippen molar-refractivity contribution in [1.82, 2.24) is 15.5 Å². The van der Waals surface area contributed by atoms with E-state index in [0.717, 1.165) is 0 Å². The summed E-state index contributed by atoms with van der Waals surface area (Å²) in [6, 6.07) is 1.70. The highest BCUT2D eigenvalue weighted by molar-refractivity contribution is 7.11. The van der Waals surface area contributed by atoms with Gasteiger partial charge in [0.1, 0.15) is 4.88 Å². The smallest absolute Gasteiger partial charge is 0.263 e. The number of nitrogens with zero attached hydrogens (tertiary/aromatic N) is 2. The molecule has 7 heteroatoms. The molecule has 0 fully saturated rings. The molecule has 0 aromatic carbocycles. The Morgan fingerprint density at radius 2 is 2.47 bits per heavy atom. The standard InChI is InChI=1S/C8H7N3O2S.ClH/c12-8(7-4-9-5-14-7)10-3-6-1-2-11-13-6;/h1-2,4-5H,3H2,(H,10,12);1H. The van der Waals surface area contributed by atoms with Gasteiger partial charge < -0.3 is 9.84 Å². The second-order valence-electron chi connectivity index (χ2n) is 2.53. The molecule has 0 bridgehead atoms. The molecule has 0 unspecified atom stereocenters. The summed E-state index contributed by atoms with van der Waals surface area (Å²) in [6.07, 6.45) is 3.06. The predicted molar refractivity (Wildman–Crippen MR) is 57.0 cm³/mol. The van der Waals surface area contributed by atoms with Gasteiger partial charge in [-0.1, -0.05) is 5.16 Å². The van der Waals surface area contributed by atoms with E-state index < -0.39 is 0 Å². The topological polar surface area (TPSA) is 68.0 Å². The van der Waals surface area contributed by atoms with Gasteiger partial charge in [0.15, 0.2) is 5.76 Å². The summed E-state index contributed by atoms with van der Waals surface area (Å²) in [7, 11) is 0. The van der Waals surface area contributed by atoms with Gasteiger partial charge in [0, 0.05) is 6.07 Å². The number of halogens is 1. The molecule has 2 rings (SSSR count). The third-order valence-electron chi connectivity index (χ3n) is 1.57. The third kappa shape index (κ3) is 3.03. The van der Waals surface area contributed by atoms with Gasteiger partial charge in [-0.05, 0) is 0 Å². The lowest BCUT2D eigenvalue weighted by Gasteiger charge is -1.98. The van der Waals surface area contributed by atoms with Gasteiger partial charge >= 0.3 is 0 Å². The van der Waals surface area contributed by atoms with Crippen molar-refractivity contribution in [2.24, 2.45) is 0 Å². The fourth-order valence-corrected chi connectivity index (χ4v) is 1.45. The Balaban J connectivity index is 0.00000112. The first-order valence-electron chi connectivity index (χ1n) is 3.92. The average Bonchev–Trinajstić information content (AvgIpc) is 2.87. The Morgan fingerprint density at radius 3 is 3.07 bits per heavy atom. The van der Waals surface area contributed by atoms with Crippen LogP contribution in [0.5, 0.6) is 0 Å². The normalized spacial score (nSPS) is 9.33. The Hall–Kier alpha value is -1.40. The molecule has 0 aliphatic rings. The summed E-state index contributed by atoms with van der Waals surface area (Å²) < 4.78 is 4.82. The van der Waals surface area contributed by atoms with Gasteiger partial charge in [-0.3, -0.25) is 9.78 Å².